The quantitative estimate of drug-likeness (QED) is 0.556. The van der Waals surface area contributed by atoms with E-state index in [4.69, 9.17) is 4.74 Å². The maximum atomic E-state index is 5.83. The number of hydrogen-bond acceptors (Lipinski definition) is 2. The molecule has 0 spiro atoms. The van der Waals surface area contributed by atoms with Crippen molar-refractivity contribution in [3.05, 3.63) is 24.3 Å². The molecule has 2 unspecified atom stereocenters. The summed E-state index contributed by atoms with van der Waals surface area (Å²) in [6, 6.07) is 7.78. The van der Waals surface area contributed by atoms with Gasteiger partial charge < -0.3 is 4.74 Å². The molecule has 0 heterocycles. The van der Waals surface area contributed by atoms with Crippen molar-refractivity contribution < 1.29 is 4.74 Å². The summed E-state index contributed by atoms with van der Waals surface area (Å²) < 4.78 is 5.83. The van der Waals surface area contributed by atoms with Gasteiger partial charge in [0.15, 0.2) is 5.01 Å². The monoisotopic (exact) mass is 366 g/mol. The SMILES string of the molecule is CC(CCCBr)C(Br)Oc1ccccc1S. The molecule has 0 aliphatic heterocycles. The molecule has 0 amide bonds. The van der Waals surface area contributed by atoms with Gasteiger partial charge in [0.2, 0.25) is 0 Å². The Morgan fingerprint density at radius 2 is 2.06 bits per heavy atom. The molecule has 1 rings (SSSR count). The van der Waals surface area contributed by atoms with Gasteiger partial charge in [0.1, 0.15) is 5.75 Å². The van der Waals surface area contributed by atoms with Gasteiger partial charge in [-0.1, -0.05) is 35.0 Å². The van der Waals surface area contributed by atoms with E-state index >= 15 is 0 Å². The molecule has 0 aliphatic rings. The minimum Gasteiger partial charge on any atom is -0.478 e. The van der Waals surface area contributed by atoms with Gasteiger partial charge in [-0.15, -0.1) is 12.6 Å². The van der Waals surface area contributed by atoms with Crippen LogP contribution in [0, 0.1) is 5.92 Å². The first-order valence-corrected chi connectivity index (χ1v) is 7.78. The molecule has 0 saturated carbocycles. The molecule has 2 atom stereocenters. The highest BCUT2D eigenvalue weighted by Gasteiger charge is 2.15. The van der Waals surface area contributed by atoms with E-state index in [1.165, 1.54) is 0 Å². The number of hydrogen-bond donors (Lipinski definition) is 1. The topological polar surface area (TPSA) is 9.23 Å². The van der Waals surface area contributed by atoms with Gasteiger partial charge in [-0.25, -0.2) is 0 Å². The third-order valence-electron chi connectivity index (χ3n) is 2.35. The fourth-order valence-electron chi connectivity index (χ4n) is 1.32. The van der Waals surface area contributed by atoms with Crippen molar-refractivity contribution in [2.45, 2.75) is 29.7 Å². The van der Waals surface area contributed by atoms with Crippen LogP contribution in [0.5, 0.6) is 5.75 Å². The zero-order chi connectivity index (χ0) is 12.0. The molecule has 0 saturated heterocycles. The number of alkyl halides is 2. The summed E-state index contributed by atoms with van der Waals surface area (Å²) in [5, 5.41) is 1.08. The van der Waals surface area contributed by atoms with Crippen LogP contribution in [0.15, 0.2) is 29.2 Å². The number of benzene rings is 1. The van der Waals surface area contributed by atoms with Crippen LogP contribution < -0.4 is 4.74 Å². The standard InChI is InChI=1S/C12H16Br2OS/c1-9(5-4-8-13)12(14)15-10-6-2-3-7-11(10)16/h2-3,6-7,9,12,16H,4-5,8H2,1H3. The van der Waals surface area contributed by atoms with Crippen molar-refractivity contribution >= 4 is 44.5 Å². The fraction of sp³-hybridized carbons (Fsp3) is 0.500. The van der Waals surface area contributed by atoms with Crippen LogP contribution in [0.2, 0.25) is 0 Å². The van der Waals surface area contributed by atoms with Gasteiger partial charge in [-0.3, -0.25) is 0 Å². The number of para-hydroxylation sites is 1. The lowest BCUT2D eigenvalue weighted by atomic mass is 10.1. The first-order chi connectivity index (χ1) is 7.65. The molecule has 1 aromatic carbocycles. The Morgan fingerprint density at radius 3 is 2.69 bits per heavy atom. The molecule has 0 fully saturated rings. The Morgan fingerprint density at radius 1 is 1.38 bits per heavy atom. The second kappa shape index (κ2) is 7.62. The van der Waals surface area contributed by atoms with Gasteiger partial charge in [0.05, 0.1) is 0 Å². The van der Waals surface area contributed by atoms with Gasteiger partial charge in [0.25, 0.3) is 0 Å². The van der Waals surface area contributed by atoms with Crippen LogP contribution in [0.3, 0.4) is 0 Å². The maximum absolute atomic E-state index is 5.83. The normalized spacial score (nSPS) is 14.5. The third-order valence-corrected chi connectivity index (χ3v) is 4.36. The lowest BCUT2D eigenvalue weighted by Crippen LogP contribution is -2.18. The van der Waals surface area contributed by atoms with Crippen molar-refractivity contribution in [2.24, 2.45) is 5.92 Å². The summed E-state index contributed by atoms with van der Waals surface area (Å²) in [6.07, 6.45) is 2.30. The average Bonchev–Trinajstić information content (AvgIpc) is 2.28. The number of halogens is 2. The van der Waals surface area contributed by atoms with Crippen molar-refractivity contribution in [1.82, 2.24) is 0 Å². The van der Waals surface area contributed by atoms with Crippen molar-refractivity contribution in [3.8, 4) is 5.75 Å². The van der Waals surface area contributed by atoms with E-state index in [-0.39, 0.29) is 5.01 Å². The second-order valence-corrected chi connectivity index (χ2v) is 5.92. The van der Waals surface area contributed by atoms with Gasteiger partial charge in [0, 0.05) is 16.1 Å². The van der Waals surface area contributed by atoms with Gasteiger partial charge >= 0.3 is 0 Å². The van der Waals surface area contributed by atoms with Crippen molar-refractivity contribution in [1.29, 1.82) is 0 Å². The van der Waals surface area contributed by atoms with E-state index in [0.717, 1.165) is 28.8 Å². The molecule has 0 radical (unpaired) electrons. The summed E-state index contributed by atoms with van der Waals surface area (Å²) in [5.74, 6) is 1.31. The summed E-state index contributed by atoms with van der Waals surface area (Å²) in [7, 11) is 0. The molecule has 16 heavy (non-hydrogen) atoms. The first-order valence-electron chi connectivity index (χ1n) is 5.30. The lowest BCUT2D eigenvalue weighted by Gasteiger charge is -2.20. The van der Waals surface area contributed by atoms with E-state index < -0.39 is 0 Å². The predicted molar refractivity (Wildman–Crippen MR) is 79.2 cm³/mol. The van der Waals surface area contributed by atoms with Gasteiger partial charge in [-0.05, 0) is 40.9 Å². The molecule has 1 aromatic rings. The fourth-order valence-corrected chi connectivity index (χ4v) is 2.33. The van der Waals surface area contributed by atoms with Crippen LogP contribution in [-0.4, -0.2) is 10.3 Å². The Bertz CT molecular complexity index is 320. The molecule has 0 bridgehead atoms. The van der Waals surface area contributed by atoms with Crippen LogP contribution in [0.1, 0.15) is 19.8 Å². The van der Waals surface area contributed by atoms with E-state index in [9.17, 15) is 0 Å². The Kier molecular flexibility index (Phi) is 6.85. The third kappa shape index (κ3) is 4.68. The zero-order valence-corrected chi connectivity index (χ0v) is 13.3. The van der Waals surface area contributed by atoms with Crippen LogP contribution in [0.4, 0.5) is 0 Å². The smallest absolute Gasteiger partial charge is 0.155 e. The van der Waals surface area contributed by atoms with E-state index in [1.54, 1.807) is 0 Å². The second-order valence-electron chi connectivity index (χ2n) is 3.75. The van der Waals surface area contributed by atoms with Crippen LogP contribution >= 0.6 is 44.5 Å². The van der Waals surface area contributed by atoms with Crippen molar-refractivity contribution in [3.63, 3.8) is 0 Å². The molecule has 0 aromatic heterocycles. The van der Waals surface area contributed by atoms with E-state index in [2.05, 4.69) is 51.4 Å². The molecule has 4 heteroatoms. The summed E-state index contributed by atoms with van der Waals surface area (Å²) in [5.41, 5.74) is 0. The summed E-state index contributed by atoms with van der Waals surface area (Å²) in [4.78, 5) is 0.875. The molecule has 1 nitrogen and oxygen atoms in total. The van der Waals surface area contributed by atoms with E-state index in [0.29, 0.717) is 5.92 Å². The maximum Gasteiger partial charge on any atom is 0.155 e. The lowest BCUT2D eigenvalue weighted by molar-refractivity contribution is 0.220. The van der Waals surface area contributed by atoms with Gasteiger partial charge in [-0.2, -0.15) is 0 Å². The van der Waals surface area contributed by atoms with Crippen LogP contribution in [0.25, 0.3) is 0 Å². The molecule has 90 valence electrons. The highest BCUT2D eigenvalue weighted by molar-refractivity contribution is 9.09. The first kappa shape index (κ1) is 14.4. The molecule has 0 N–H and O–H groups in total. The molecular weight excluding hydrogens is 352 g/mol. The highest BCUT2D eigenvalue weighted by Crippen LogP contribution is 2.27. The Hall–Kier alpha value is 0.330. The molecule has 0 aliphatic carbocycles. The number of rotatable bonds is 6. The predicted octanol–water partition coefficient (Wildman–Crippen LogP) is 4.89. The van der Waals surface area contributed by atoms with Crippen molar-refractivity contribution in [2.75, 3.05) is 5.33 Å². The summed E-state index contributed by atoms with van der Waals surface area (Å²) >= 11 is 11.4. The average molecular weight is 368 g/mol. The largest absolute Gasteiger partial charge is 0.478 e. The Labute approximate surface area is 120 Å². The minimum absolute atomic E-state index is 0.0415. The molecular formula is C12H16Br2OS. The number of thiol groups is 1. The zero-order valence-electron chi connectivity index (χ0n) is 9.20. The summed E-state index contributed by atoms with van der Waals surface area (Å²) in [6.45, 7) is 2.18. The highest BCUT2D eigenvalue weighted by atomic mass is 79.9. The Balaban J connectivity index is 2.50. The number of ether oxygens (including phenoxy) is 1. The van der Waals surface area contributed by atoms with E-state index in [1.807, 2.05) is 24.3 Å². The minimum atomic E-state index is 0.0415. The van der Waals surface area contributed by atoms with Crippen LogP contribution in [-0.2, 0) is 0 Å².